The molecule has 4 unspecified atom stereocenters. The smallest absolute Gasteiger partial charge is 0.330 e. The van der Waals surface area contributed by atoms with Crippen molar-refractivity contribution in [1.82, 2.24) is 9.55 Å². The summed E-state index contributed by atoms with van der Waals surface area (Å²) in [6.45, 7) is 7.49. The Balaban J connectivity index is 0.000000434. The van der Waals surface area contributed by atoms with Gasteiger partial charge >= 0.3 is 11.7 Å². The second-order valence-electron chi connectivity index (χ2n) is 8.60. The summed E-state index contributed by atoms with van der Waals surface area (Å²) < 4.78 is 29.1. The number of benzene rings is 1. The van der Waals surface area contributed by atoms with E-state index < -0.39 is 29.1 Å². The summed E-state index contributed by atoms with van der Waals surface area (Å²) in [5, 5.41) is 0. The van der Waals surface area contributed by atoms with E-state index in [2.05, 4.69) is 4.98 Å². The largest absolute Gasteiger partial charge is 0.462 e. The summed E-state index contributed by atoms with van der Waals surface area (Å²) in [6.07, 6.45) is 1.62. The summed E-state index contributed by atoms with van der Waals surface area (Å²) in [5.74, 6) is 0.395. The monoisotopic (exact) mass is 525 g/mol. The molecule has 36 heavy (non-hydrogen) atoms. The molecule has 1 aliphatic rings. The van der Waals surface area contributed by atoms with Crippen molar-refractivity contribution >= 4 is 15.0 Å². The number of ether oxygens (including phenoxy) is 3. The molecule has 3 rings (SSSR count). The maximum Gasteiger partial charge on any atom is 0.330 e. The maximum absolute atomic E-state index is 12.1. The molecule has 3 N–H and O–H groups in total. The normalized spacial score (nSPS) is 22.3. The Morgan fingerprint density at radius 3 is 2.47 bits per heavy atom. The number of esters is 1. The van der Waals surface area contributed by atoms with E-state index in [9.17, 15) is 14.4 Å². The van der Waals surface area contributed by atoms with Crippen LogP contribution in [0, 0.1) is 0 Å². The van der Waals surface area contributed by atoms with Crippen molar-refractivity contribution in [3.8, 4) is 5.75 Å². The van der Waals surface area contributed by atoms with E-state index in [0.29, 0.717) is 19.4 Å². The molecule has 1 fully saturated rings. The van der Waals surface area contributed by atoms with Crippen molar-refractivity contribution in [2.45, 2.75) is 70.6 Å². The molecule has 0 radical (unpaired) electrons. The Morgan fingerprint density at radius 2 is 1.94 bits per heavy atom. The van der Waals surface area contributed by atoms with Crippen LogP contribution in [-0.2, 0) is 23.5 Å². The summed E-state index contributed by atoms with van der Waals surface area (Å²) >= 11 is 0. The first-order valence-corrected chi connectivity index (χ1v) is 12.5. The third-order valence-electron chi connectivity index (χ3n) is 5.35. The van der Waals surface area contributed by atoms with Crippen LogP contribution in [0.2, 0.25) is 0 Å². The molecule has 1 aromatic heterocycles. The van der Waals surface area contributed by atoms with E-state index in [1.807, 2.05) is 37.3 Å². The van der Waals surface area contributed by atoms with Gasteiger partial charge in [-0.1, -0.05) is 25.1 Å². The fourth-order valence-corrected chi connectivity index (χ4v) is 4.01. The summed E-state index contributed by atoms with van der Waals surface area (Å²) in [7, 11) is 1.40. The van der Waals surface area contributed by atoms with Crippen LogP contribution >= 0.6 is 9.03 Å². The highest BCUT2D eigenvalue weighted by Crippen LogP contribution is 2.41. The second-order valence-corrected chi connectivity index (χ2v) is 9.26. The molecule has 2 aromatic rings. The van der Waals surface area contributed by atoms with E-state index in [-0.39, 0.29) is 27.2 Å². The van der Waals surface area contributed by atoms with Crippen molar-refractivity contribution in [2.75, 3.05) is 13.7 Å². The van der Waals surface area contributed by atoms with Crippen LogP contribution in [0.4, 0.5) is 0 Å². The van der Waals surface area contributed by atoms with Gasteiger partial charge in [-0.25, -0.2) is 4.79 Å². The molecule has 11 nitrogen and oxygen atoms in total. The van der Waals surface area contributed by atoms with E-state index in [1.165, 1.54) is 16.8 Å². The van der Waals surface area contributed by atoms with Gasteiger partial charge in [-0.3, -0.25) is 19.1 Å². The summed E-state index contributed by atoms with van der Waals surface area (Å²) in [5.41, 5.74) is 3.62. The van der Waals surface area contributed by atoms with Crippen molar-refractivity contribution in [3.63, 3.8) is 0 Å². The van der Waals surface area contributed by atoms with E-state index in [1.54, 1.807) is 27.9 Å². The van der Waals surface area contributed by atoms with Crippen LogP contribution in [0.1, 0.15) is 46.8 Å². The lowest BCUT2D eigenvalue weighted by atomic mass is 9.97. The molecule has 1 aromatic carbocycles. The zero-order chi connectivity index (χ0) is 26.7. The predicted octanol–water partition coefficient (Wildman–Crippen LogP) is 2.51. The van der Waals surface area contributed by atoms with Gasteiger partial charge in [-0.05, 0) is 39.3 Å². The van der Waals surface area contributed by atoms with Crippen LogP contribution in [0.3, 0.4) is 0 Å². The number of para-hydroxylation sites is 1. The molecule has 12 heteroatoms. The van der Waals surface area contributed by atoms with Gasteiger partial charge in [-0.15, -0.1) is 0 Å². The quantitative estimate of drug-likeness (QED) is 0.272. The standard InChI is InChI=1S/C18H23N2O6P.C6H13NO2/c1-3-18(12-24-27-26-13-7-5-4-6-8-13)11-14(23-2)16(25-18)20-10-9-15(21)19-17(20)22;1-4(2)9-6(8)5(3)7/h4-10,14,16,27H,3,11-12H2,1-2H3,(H,19,21,22);4-5H,7H2,1-3H3/t14?,16?,18-;/m0./s1. The Morgan fingerprint density at radius 1 is 1.25 bits per heavy atom. The van der Waals surface area contributed by atoms with Gasteiger partial charge in [0, 0.05) is 25.8 Å². The van der Waals surface area contributed by atoms with Crippen LogP contribution in [0.15, 0.2) is 52.2 Å². The molecule has 0 aliphatic carbocycles. The molecule has 1 saturated heterocycles. The average molecular weight is 526 g/mol. The number of nitrogens with one attached hydrogen (secondary N) is 1. The number of rotatable bonds is 10. The molecule has 5 atom stereocenters. The maximum atomic E-state index is 12.1. The molecule has 200 valence electrons. The summed E-state index contributed by atoms with van der Waals surface area (Å²) in [6, 6.07) is 10.2. The van der Waals surface area contributed by atoms with E-state index >= 15 is 0 Å². The lowest BCUT2D eigenvalue weighted by molar-refractivity contribution is -0.148. The Bertz CT molecular complexity index is 1060. The SMILES string of the molecule is CC(C)OC(=O)C(C)N.CC[C@@]1(COPOc2ccccc2)CC(OC)C(n2ccc(=O)[nH]c2=O)O1. The minimum atomic E-state index is -0.638. The fraction of sp³-hybridized carbons (Fsp3) is 0.542. The topological polar surface area (TPSA) is 144 Å². The lowest BCUT2D eigenvalue weighted by Gasteiger charge is -2.27. The number of carbonyl (C=O) groups excluding carboxylic acids is 1. The highest BCUT2D eigenvalue weighted by Gasteiger charge is 2.47. The number of hydrogen-bond donors (Lipinski definition) is 2. The minimum Gasteiger partial charge on any atom is -0.462 e. The number of hydrogen-bond acceptors (Lipinski definition) is 9. The van der Waals surface area contributed by atoms with E-state index in [0.717, 1.165) is 5.75 Å². The molecule has 2 heterocycles. The van der Waals surface area contributed by atoms with Crippen molar-refractivity contribution < 1.29 is 28.1 Å². The van der Waals surface area contributed by atoms with Gasteiger partial charge in [0.25, 0.3) is 5.56 Å². The van der Waals surface area contributed by atoms with Gasteiger partial charge in [-0.2, -0.15) is 0 Å². The third kappa shape index (κ3) is 8.83. The van der Waals surface area contributed by atoms with Crippen LogP contribution in [0.5, 0.6) is 5.75 Å². The van der Waals surface area contributed by atoms with Gasteiger partial charge in [0.05, 0.1) is 18.3 Å². The van der Waals surface area contributed by atoms with Crippen molar-refractivity contribution in [2.24, 2.45) is 5.73 Å². The average Bonchev–Trinajstić information content (AvgIpc) is 3.21. The second kappa shape index (κ2) is 14.2. The number of nitrogens with zero attached hydrogens (tertiary/aromatic N) is 1. The molecule has 0 amide bonds. The van der Waals surface area contributed by atoms with Crippen molar-refractivity contribution in [3.05, 3.63) is 63.4 Å². The Kier molecular flexibility index (Phi) is 11.7. The zero-order valence-electron chi connectivity index (χ0n) is 21.3. The van der Waals surface area contributed by atoms with Crippen LogP contribution < -0.4 is 21.5 Å². The first-order valence-electron chi connectivity index (χ1n) is 11.7. The molecule has 1 aliphatic heterocycles. The van der Waals surface area contributed by atoms with Gasteiger partial charge < -0.3 is 29.0 Å². The molecule has 0 spiro atoms. The number of carbonyl (C=O) groups is 1. The summed E-state index contributed by atoms with van der Waals surface area (Å²) in [4.78, 5) is 36.3. The van der Waals surface area contributed by atoms with Crippen molar-refractivity contribution in [1.29, 1.82) is 0 Å². The van der Waals surface area contributed by atoms with E-state index in [4.69, 9.17) is 29.0 Å². The highest BCUT2D eigenvalue weighted by atomic mass is 31.1. The third-order valence-corrected chi connectivity index (χ3v) is 5.94. The van der Waals surface area contributed by atoms with Gasteiger partial charge in [0.1, 0.15) is 17.9 Å². The highest BCUT2D eigenvalue weighted by molar-refractivity contribution is 7.26. The molecular formula is C24H36N3O8P. The molecule has 0 bridgehead atoms. The lowest BCUT2D eigenvalue weighted by Crippen LogP contribution is -2.36. The fourth-order valence-electron chi connectivity index (χ4n) is 3.40. The number of methoxy groups -OCH3 is 1. The first-order chi connectivity index (χ1) is 17.1. The minimum absolute atomic E-state index is 0.0662. The zero-order valence-corrected chi connectivity index (χ0v) is 22.3. The van der Waals surface area contributed by atoms with Gasteiger partial charge in [0.2, 0.25) is 9.03 Å². The molecular weight excluding hydrogens is 489 g/mol. The predicted molar refractivity (Wildman–Crippen MR) is 136 cm³/mol. The van der Waals surface area contributed by atoms with Gasteiger partial charge in [0.15, 0.2) is 6.23 Å². The number of aromatic nitrogens is 2. The number of nitrogens with two attached hydrogens (primary N) is 1. The van der Waals surface area contributed by atoms with Crippen LogP contribution in [-0.4, -0.2) is 53.1 Å². The first kappa shape index (κ1) is 29.7. The molecule has 0 saturated carbocycles. The Hall–Kier alpha value is -2.56. The number of H-pyrrole nitrogens is 1. The van der Waals surface area contributed by atoms with Crippen LogP contribution in [0.25, 0.3) is 0 Å². The Labute approximate surface area is 212 Å². The number of aromatic amines is 1.